The molecule has 0 aromatic carbocycles. The first-order valence-corrected chi connectivity index (χ1v) is 21.1. The second-order valence-corrected chi connectivity index (χ2v) is 24.1. The van der Waals surface area contributed by atoms with Gasteiger partial charge in [-0.2, -0.15) is 0 Å². The monoisotopic (exact) mass is 530 g/mol. The molecule has 4 nitrogen and oxygen atoms in total. The van der Waals surface area contributed by atoms with E-state index in [0.717, 1.165) is 75.6 Å². The van der Waals surface area contributed by atoms with E-state index in [1.54, 1.807) is 0 Å². The van der Waals surface area contributed by atoms with E-state index in [9.17, 15) is 4.80 Å². The molecule has 16 atom stereocenters. The maximum absolute atomic E-state index is 12.2. The summed E-state index contributed by atoms with van der Waals surface area (Å²) in [5.74, 6) is 10.0. The van der Waals surface area contributed by atoms with Crippen molar-refractivity contribution in [3.63, 3.8) is 0 Å². The van der Waals surface area contributed by atoms with Crippen LogP contribution in [-0.4, -0.2) is 42.4 Å². The van der Waals surface area contributed by atoms with E-state index in [-0.39, 0.29) is 0 Å². The van der Waals surface area contributed by atoms with Crippen LogP contribution in [0.25, 0.3) is 0 Å². The first-order chi connectivity index (χ1) is 16.4. The largest absolute Gasteiger partial charge is 0.449 e. The minimum absolute atomic E-state index is 0.414. The number of allylic oxidation sites excluding steroid dienone is 4. The lowest BCUT2D eigenvalue weighted by molar-refractivity contribution is 0.165. The molecular formula is C26H42O4Si4. The van der Waals surface area contributed by atoms with E-state index < -0.39 is 27.1 Å². The van der Waals surface area contributed by atoms with Gasteiger partial charge in [0, 0.05) is 11.1 Å². The Morgan fingerprint density at radius 2 is 1.24 bits per heavy atom. The third-order valence-electron chi connectivity index (χ3n) is 12.8. The van der Waals surface area contributed by atoms with Crippen molar-refractivity contribution >= 4 is 37.6 Å². The van der Waals surface area contributed by atoms with Crippen LogP contribution in [0.3, 0.4) is 0 Å². The summed E-state index contributed by atoms with van der Waals surface area (Å²) in [6.45, 7) is 4.51. The fraction of sp³-hybridized carbons (Fsp3) is 0.846. The topological polar surface area (TPSA) is 47.9 Å². The molecule has 8 rings (SSSR count). The first-order valence-electron chi connectivity index (χ1n) is 14.3. The molecule has 0 aromatic heterocycles. The minimum Gasteiger partial charge on any atom is -0.449 e. The molecule has 8 bridgehead atoms. The Kier molecular flexibility index (Phi) is 4.83. The fourth-order valence-corrected chi connectivity index (χ4v) is 24.5. The summed E-state index contributed by atoms with van der Waals surface area (Å²) in [5.41, 5.74) is 0.976. The molecule has 0 spiro atoms. The van der Waals surface area contributed by atoms with Crippen LogP contribution in [0.4, 0.5) is 0 Å². The summed E-state index contributed by atoms with van der Waals surface area (Å²) in [4.78, 5) is 12.2. The predicted molar refractivity (Wildman–Crippen MR) is 143 cm³/mol. The lowest BCUT2D eigenvalue weighted by Crippen LogP contribution is -2.59. The molecule has 0 radical (unpaired) electrons. The van der Waals surface area contributed by atoms with Crippen LogP contribution in [0, 0.1) is 71.0 Å². The standard InChI is InChI=1S/C26H42O4Si4/c1-33(27,21-11-17-9-19(21)25-15-5-3-13(7-15)23(17)25)30-34(2,29-32-28-31)22-12-18-10-20(22)26-16-6-4-14(8-16)24(18)26/h3-6,13-27H,7-12,32H2,1-2,31H3. The Labute approximate surface area is 212 Å². The Bertz CT molecular complexity index is 942. The predicted octanol–water partition coefficient (Wildman–Crippen LogP) is 3.15. The van der Waals surface area contributed by atoms with Crippen molar-refractivity contribution in [3.05, 3.63) is 24.3 Å². The zero-order valence-electron chi connectivity index (χ0n) is 21.0. The maximum Gasteiger partial charge on any atom is 0.326 e. The van der Waals surface area contributed by atoms with Crippen LogP contribution in [0.2, 0.25) is 24.2 Å². The molecule has 0 heterocycles. The summed E-state index contributed by atoms with van der Waals surface area (Å²) in [6, 6.07) is 0. The van der Waals surface area contributed by atoms with Gasteiger partial charge >= 0.3 is 17.1 Å². The summed E-state index contributed by atoms with van der Waals surface area (Å²) in [7, 11) is -5.64. The van der Waals surface area contributed by atoms with Crippen LogP contribution in [0.5, 0.6) is 0 Å². The zero-order chi connectivity index (χ0) is 23.0. The molecule has 34 heavy (non-hydrogen) atoms. The second-order valence-electron chi connectivity index (χ2n) is 13.9. The van der Waals surface area contributed by atoms with E-state index in [0.29, 0.717) is 17.0 Å². The first kappa shape index (κ1) is 22.2. The summed E-state index contributed by atoms with van der Waals surface area (Å²) >= 11 is 0. The quantitative estimate of drug-likeness (QED) is 0.312. The molecule has 16 unspecified atom stereocenters. The van der Waals surface area contributed by atoms with Crippen LogP contribution in [-0.2, 0) is 12.3 Å². The van der Waals surface area contributed by atoms with Crippen molar-refractivity contribution in [1.82, 2.24) is 0 Å². The van der Waals surface area contributed by atoms with Crippen LogP contribution >= 0.6 is 0 Å². The molecular weight excluding hydrogens is 489 g/mol. The van der Waals surface area contributed by atoms with E-state index in [1.165, 1.54) is 38.5 Å². The van der Waals surface area contributed by atoms with Crippen molar-refractivity contribution < 1.29 is 17.1 Å². The van der Waals surface area contributed by atoms with Gasteiger partial charge in [0.1, 0.15) is 10.5 Å². The van der Waals surface area contributed by atoms with Gasteiger partial charge in [0.05, 0.1) is 0 Å². The highest BCUT2D eigenvalue weighted by Gasteiger charge is 2.68. The van der Waals surface area contributed by atoms with Gasteiger partial charge in [-0.1, -0.05) is 24.3 Å². The number of hydrogen-bond acceptors (Lipinski definition) is 4. The van der Waals surface area contributed by atoms with Gasteiger partial charge in [-0.25, -0.2) is 0 Å². The van der Waals surface area contributed by atoms with E-state index in [1.807, 2.05) is 0 Å². The van der Waals surface area contributed by atoms with Crippen molar-refractivity contribution in [2.24, 2.45) is 71.0 Å². The highest BCUT2D eigenvalue weighted by atomic mass is 28.5. The molecule has 0 aromatic rings. The maximum atomic E-state index is 12.2. The fourth-order valence-electron chi connectivity index (χ4n) is 12.1. The van der Waals surface area contributed by atoms with Crippen molar-refractivity contribution in [3.8, 4) is 0 Å². The molecule has 0 saturated heterocycles. The van der Waals surface area contributed by atoms with Crippen molar-refractivity contribution in [2.75, 3.05) is 0 Å². The van der Waals surface area contributed by atoms with Gasteiger partial charge < -0.3 is 17.1 Å². The Morgan fingerprint density at radius 3 is 1.79 bits per heavy atom. The average molecular weight is 531 g/mol. The minimum atomic E-state index is -2.87. The summed E-state index contributed by atoms with van der Waals surface area (Å²) in [5, 5.41) is 0. The summed E-state index contributed by atoms with van der Waals surface area (Å²) in [6.07, 6.45) is 18.2. The number of rotatable bonds is 7. The summed E-state index contributed by atoms with van der Waals surface area (Å²) < 4.78 is 19.7. The molecule has 6 saturated carbocycles. The Balaban J connectivity index is 1.06. The Morgan fingerprint density at radius 1 is 0.735 bits per heavy atom. The highest BCUT2D eigenvalue weighted by molar-refractivity contribution is 6.82. The normalized spacial score (nSPS) is 58.4. The molecule has 186 valence electrons. The van der Waals surface area contributed by atoms with Gasteiger partial charge in [0.15, 0.2) is 0 Å². The lowest BCUT2D eigenvalue weighted by atomic mass is 9.73. The molecule has 8 heteroatoms. The second kappa shape index (κ2) is 7.40. The SMILES string of the molecule is C[Si](O)(O[Si](C)(O[SiH2]O[SiH3])C1CC2CC1C1C3C=CC(C3)C21)C1CC2CC1C1C3C=CC(C3)C21. The van der Waals surface area contributed by atoms with E-state index >= 15 is 0 Å². The molecule has 0 aliphatic heterocycles. The molecule has 8 aliphatic carbocycles. The average Bonchev–Trinajstić information content (AvgIpc) is 3.64. The van der Waals surface area contributed by atoms with Crippen LogP contribution < -0.4 is 0 Å². The van der Waals surface area contributed by atoms with Gasteiger partial charge in [0.2, 0.25) is 0 Å². The van der Waals surface area contributed by atoms with E-state index in [4.69, 9.17) is 12.3 Å². The number of hydrogen-bond donors (Lipinski definition) is 1. The lowest BCUT2D eigenvalue weighted by Gasteiger charge is -2.48. The van der Waals surface area contributed by atoms with Gasteiger partial charge in [-0.05, 0) is 123 Å². The molecule has 0 amide bonds. The third-order valence-corrected chi connectivity index (χ3v) is 23.8. The van der Waals surface area contributed by atoms with Crippen molar-refractivity contribution in [2.45, 2.75) is 62.7 Å². The Hall–Kier alpha value is 0.188. The number of fused-ring (bicyclic) bond motifs is 18. The smallest absolute Gasteiger partial charge is 0.326 e. The van der Waals surface area contributed by atoms with Crippen LogP contribution in [0.15, 0.2) is 24.3 Å². The van der Waals surface area contributed by atoms with E-state index in [2.05, 4.69) is 37.4 Å². The highest BCUT2D eigenvalue weighted by Crippen LogP contribution is 2.72. The van der Waals surface area contributed by atoms with Crippen molar-refractivity contribution in [1.29, 1.82) is 0 Å². The van der Waals surface area contributed by atoms with Gasteiger partial charge in [-0.15, -0.1) is 0 Å². The third kappa shape index (κ3) is 2.83. The van der Waals surface area contributed by atoms with Gasteiger partial charge in [-0.3, -0.25) is 0 Å². The molecule has 1 N–H and O–H groups in total. The molecule has 8 aliphatic rings. The molecule has 6 fully saturated rings. The van der Waals surface area contributed by atoms with Crippen LogP contribution in [0.1, 0.15) is 38.5 Å². The van der Waals surface area contributed by atoms with Gasteiger partial charge in [0.25, 0.3) is 10.0 Å². The zero-order valence-corrected chi connectivity index (χ0v) is 26.4.